The van der Waals surface area contributed by atoms with E-state index in [1.807, 2.05) is 0 Å². The van der Waals surface area contributed by atoms with Crippen molar-refractivity contribution in [3.8, 4) is 0 Å². The topological polar surface area (TPSA) is 50.7 Å². The Morgan fingerprint density at radius 2 is 1.85 bits per heavy atom. The van der Waals surface area contributed by atoms with E-state index in [0.29, 0.717) is 13.2 Å². The number of rotatable bonds is 9. The quantitative estimate of drug-likeness (QED) is 0.408. The van der Waals surface area contributed by atoms with E-state index in [1.54, 1.807) is 14.2 Å². The maximum absolute atomic E-state index is 8.53. The van der Waals surface area contributed by atoms with E-state index in [2.05, 4.69) is 5.32 Å². The van der Waals surface area contributed by atoms with Crippen LogP contribution in [0.3, 0.4) is 0 Å². The molecule has 80 valence electrons. The van der Waals surface area contributed by atoms with Gasteiger partial charge in [0.1, 0.15) is 0 Å². The average Bonchev–Trinajstić information content (AvgIpc) is 2.17. The third kappa shape index (κ3) is 8.18. The van der Waals surface area contributed by atoms with Crippen molar-refractivity contribution in [3.05, 3.63) is 0 Å². The third-order valence-corrected chi connectivity index (χ3v) is 1.85. The fourth-order valence-electron chi connectivity index (χ4n) is 1.02. The molecule has 0 unspecified atom stereocenters. The SMILES string of the molecule is COC(CNCCCCCO)OC. The summed E-state index contributed by atoms with van der Waals surface area (Å²) in [6, 6.07) is 0. The summed E-state index contributed by atoms with van der Waals surface area (Å²) in [5, 5.41) is 11.7. The summed E-state index contributed by atoms with van der Waals surface area (Å²) in [7, 11) is 3.25. The second kappa shape index (κ2) is 9.92. The highest BCUT2D eigenvalue weighted by Gasteiger charge is 2.02. The third-order valence-electron chi connectivity index (χ3n) is 1.85. The van der Waals surface area contributed by atoms with Crippen LogP contribution in [0.4, 0.5) is 0 Å². The molecule has 2 N–H and O–H groups in total. The predicted octanol–water partition coefficient (Wildman–Crippen LogP) is 0.357. The standard InChI is InChI=1S/C9H21NO3/c1-12-9(13-2)8-10-6-4-3-5-7-11/h9-11H,3-8H2,1-2H3. The molecule has 0 saturated carbocycles. The van der Waals surface area contributed by atoms with Crippen LogP contribution in [0.1, 0.15) is 19.3 Å². The zero-order valence-corrected chi connectivity index (χ0v) is 8.58. The molecule has 0 aliphatic heterocycles. The van der Waals surface area contributed by atoms with Gasteiger partial charge in [-0.1, -0.05) is 0 Å². The van der Waals surface area contributed by atoms with E-state index in [4.69, 9.17) is 14.6 Å². The molecule has 0 radical (unpaired) electrons. The monoisotopic (exact) mass is 191 g/mol. The number of aliphatic hydroxyl groups is 1. The fourth-order valence-corrected chi connectivity index (χ4v) is 1.02. The zero-order valence-electron chi connectivity index (χ0n) is 8.58. The maximum Gasteiger partial charge on any atom is 0.169 e. The predicted molar refractivity (Wildman–Crippen MR) is 51.6 cm³/mol. The summed E-state index contributed by atoms with van der Waals surface area (Å²) in [5.41, 5.74) is 0. The van der Waals surface area contributed by atoms with E-state index in [1.165, 1.54) is 0 Å². The maximum atomic E-state index is 8.53. The molecule has 0 bridgehead atoms. The van der Waals surface area contributed by atoms with Crippen LogP contribution in [0.15, 0.2) is 0 Å². The zero-order chi connectivity index (χ0) is 9.94. The molecule has 0 aromatic carbocycles. The van der Waals surface area contributed by atoms with Crippen LogP contribution in [0.25, 0.3) is 0 Å². The molecule has 0 spiro atoms. The normalized spacial score (nSPS) is 11.1. The van der Waals surface area contributed by atoms with Crippen LogP contribution in [-0.2, 0) is 9.47 Å². The Balaban J connectivity index is 3.05. The molecule has 0 aliphatic carbocycles. The summed E-state index contributed by atoms with van der Waals surface area (Å²) >= 11 is 0. The van der Waals surface area contributed by atoms with Crippen molar-refractivity contribution >= 4 is 0 Å². The van der Waals surface area contributed by atoms with E-state index < -0.39 is 0 Å². The number of aliphatic hydroxyl groups excluding tert-OH is 1. The van der Waals surface area contributed by atoms with Crippen molar-refractivity contribution in [2.24, 2.45) is 0 Å². The molecule has 4 heteroatoms. The summed E-state index contributed by atoms with van der Waals surface area (Å²) in [5.74, 6) is 0. The Morgan fingerprint density at radius 3 is 2.38 bits per heavy atom. The molecule has 0 rings (SSSR count). The minimum atomic E-state index is -0.155. The van der Waals surface area contributed by atoms with Crippen molar-refractivity contribution in [3.63, 3.8) is 0 Å². The van der Waals surface area contributed by atoms with E-state index in [-0.39, 0.29) is 6.29 Å². The lowest BCUT2D eigenvalue weighted by Gasteiger charge is -2.13. The van der Waals surface area contributed by atoms with Gasteiger partial charge in [0.25, 0.3) is 0 Å². The minimum Gasteiger partial charge on any atom is -0.396 e. The van der Waals surface area contributed by atoms with Gasteiger partial charge < -0.3 is 19.9 Å². The van der Waals surface area contributed by atoms with E-state index in [9.17, 15) is 0 Å². The second-order valence-electron chi connectivity index (χ2n) is 2.89. The molecular formula is C9H21NO3. The van der Waals surface area contributed by atoms with Gasteiger partial charge in [-0.2, -0.15) is 0 Å². The first-order chi connectivity index (χ1) is 6.35. The minimum absolute atomic E-state index is 0.155. The van der Waals surface area contributed by atoms with Crippen LogP contribution in [0.2, 0.25) is 0 Å². The molecule has 4 nitrogen and oxygen atoms in total. The Hall–Kier alpha value is -0.160. The van der Waals surface area contributed by atoms with Crippen LogP contribution in [-0.4, -0.2) is 45.3 Å². The number of ether oxygens (including phenoxy) is 2. The Labute approximate surface area is 80.2 Å². The van der Waals surface area contributed by atoms with Gasteiger partial charge in [-0.3, -0.25) is 0 Å². The molecule has 0 amide bonds. The van der Waals surface area contributed by atoms with Crippen LogP contribution in [0, 0.1) is 0 Å². The number of methoxy groups -OCH3 is 2. The second-order valence-corrected chi connectivity index (χ2v) is 2.89. The highest BCUT2D eigenvalue weighted by Crippen LogP contribution is 1.93. The largest absolute Gasteiger partial charge is 0.396 e. The molecule has 0 aliphatic rings. The summed E-state index contributed by atoms with van der Waals surface area (Å²) in [6.07, 6.45) is 2.88. The van der Waals surface area contributed by atoms with Crippen molar-refractivity contribution < 1.29 is 14.6 Å². The number of hydrogen-bond donors (Lipinski definition) is 2. The average molecular weight is 191 g/mol. The van der Waals surface area contributed by atoms with Crippen LogP contribution < -0.4 is 5.32 Å². The molecule has 0 saturated heterocycles. The lowest BCUT2D eigenvalue weighted by Crippen LogP contribution is -2.30. The molecule has 13 heavy (non-hydrogen) atoms. The first kappa shape index (κ1) is 12.8. The molecule has 0 aromatic rings. The molecule has 0 atom stereocenters. The van der Waals surface area contributed by atoms with E-state index in [0.717, 1.165) is 25.8 Å². The van der Waals surface area contributed by atoms with Crippen LogP contribution in [0.5, 0.6) is 0 Å². The summed E-state index contributed by atoms with van der Waals surface area (Å²) in [4.78, 5) is 0. The number of nitrogens with one attached hydrogen (secondary N) is 1. The lowest BCUT2D eigenvalue weighted by atomic mass is 10.2. The highest BCUT2D eigenvalue weighted by atomic mass is 16.7. The number of unbranched alkanes of at least 4 members (excludes halogenated alkanes) is 2. The van der Waals surface area contributed by atoms with Crippen molar-refractivity contribution in [1.82, 2.24) is 5.32 Å². The summed E-state index contributed by atoms with van der Waals surface area (Å²) in [6.45, 7) is 1.95. The van der Waals surface area contributed by atoms with Gasteiger partial charge in [0.05, 0.1) is 0 Å². The first-order valence-corrected chi connectivity index (χ1v) is 4.72. The molecule has 0 fully saturated rings. The highest BCUT2D eigenvalue weighted by molar-refractivity contribution is 4.51. The van der Waals surface area contributed by atoms with Gasteiger partial charge in [-0.05, 0) is 25.8 Å². The molecular weight excluding hydrogens is 170 g/mol. The van der Waals surface area contributed by atoms with Gasteiger partial charge in [0.15, 0.2) is 6.29 Å². The van der Waals surface area contributed by atoms with Crippen molar-refractivity contribution in [1.29, 1.82) is 0 Å². The van der Waals surface area contributed by atoms with Gasteiger partial charge in [0.2, 0.25) is 0 Å². The Morgan fingerprint density at radius 1 is 1.15 bits per heavy atom. The van der Waals surface area contributed by atoms with Gasteiger partial charge in [-0.15, -0.1) is 0 Å². The van der Waals surface area contributed by atoms with E-state index >= 15 is 0 Å². The molecule has 0 heterocycles. The lowest BCUT2D eigenvalue weighted by molar-refractivity contribution is -0.0986. The Kier molecular flexibility index (Phi) is 9.80. The van der Waals surface area contributed by atoms with Crippen molar-refractivity contribution in [2.75, 3.05) is 33.9 Å². The fraction of sp³-hybridized carbons (Fsp3) is 1.00. The van der Waals surface area contributed by atoms with Crippen LogP contribution >= 0.6 is 0 Å². The summed E-state index contributed by atoms with van der Waals surface area (Å²) < 4.78 is 10.0. The smallest absolute Gasteiger partial charge is 0.169 e. The first-order valence-electron chi connectivity index (χ1n) is 4.72. The van der Waals surface area contributed by atoms with Crippen molar-refractivity contribution in [2.45, 2.75) is 25.6 Å². The van der Waals surface area contributed by atoms with Gasteiger partial charge in [-0.25, -0.2) is 0 Å². The molecule has 0 aromatic heterocycles. The van der Waals surface area contributed by atoms with Gasteiger partial charge in [0, 0.05) is 27.4 Å². The van der Waals surface area contributed by atoms with Gasteiger partial charge >= 0.3 is 0 Å². The Bertz CT molecular complexity index is 96.9. The number of hydrogen-bond acceptors (Lipinski definition) is 4.